The molecule has 2 heterocycles. The van der Waals surface area contributed by atoms with Gasteiger partial charge in [-0.2, -0.15) is 0 Å². The summed E-state index contributed by atoms with van der Waals surface area (Å²) in [7, 11) is 0. The van der Waals surface area contributed by atoms with E-state index in [1.807, 2.05) is 13.0 Å². The minimum atomic E-state index is -0.405. The van der Waals surface area contributed by atoms with Crippen LogP contribution in [0.15, 0.2) is 11.6 Å². The molecule has 0 aromatic rings. The number of fused-ring (bicyclic) bond motifs is 2. The van der Waals surface area contributed by atoms with E-state index in [1.54, 1.807) is 0 Å². The topological polar surface area (TPSA) is 65.1 Å². The van der Waals surface area contributed by atoms with Crippen LogP contribution >= 0.6 is 0 Å². The van der Waals surface area contributed by atoms with Gasteiger partial charge in [-0.15, -0.1) is 0 Å². The summed E-state index contributed by atoms with van der Waals surface area (Å²) in [4.78, 5) is 23.8. The van der Waals surface area contributed by atoms with Gasteiger partial charge in [-0.1, -0.05) is 13.8 Å². The molecule has 1 saturated carbocycles. The van der Waals surface area contributed by atoms with Crippen molar-refractivity contribution in [2.45, 2.75) is 64.4 Å². The number of hydrogen-bond donors (Lipinski definition) is 0. The maximum Gasteiger partial charge on any atom is 0.302 e. The molecule has 0 unspecified atom stereocenters. The fourth-order valence-corrected chi connectivity index (χ4v) is 5.02. The lowest BCUT2D eigenvalue weighted by molar-refractivity contribution is -0.200. The molecule has 2 saturated heterocycles. The number of rotatable bonds is 1. The highest BCUT2D eigenvalue weighted by molar-refractivity contribution is 5.96. The first-order chi connectivity index (χ1) is 10.2. The molecule has 6 atom stereocenters. The summed E-state index contributed by atoms with van der Waals surface area (Å²) in [5, 5.41) is 0. The summed E-state index contributed by atoms with van der Waals surface area (Å²) in [6, 6.07) is 0. The molecule has 4 aliphatic rings. The van der Waals surface area contributed by atoms with Crippen molar-refractivity contribution in [2.75, 3.05) is 6.61 Å². The van der Waals surface area contributed by atoms with Crippen LogP contribution < -0.4 is 0 Å². The third-order valence-corrected chi connectivity index (χ3v) is 6.66. The number of Topliss-reactive ketones (excluding diaryl/α,β-unsaturated/α-hetero) is 1. The summed E-state index contributed by atoms with van der Waals surface area (Å²) in [5.74, 6) is -0.120. The highest BCUT2D eigenvalue weighted by Gasteiger charge is 2.81. The Balaban J connectivity index is 1.80. The van der Waals surface area contributed by atoms with Crippen LogP contribution in [0.5, 0.6) is 0 Å². The molecule has 3 fully saturated rings. The van der Waals surface area contributed by atoms with Crippen molar-refractivity contribution in [1.29, 1.82) is 0 Å². The molecule has 120 valence electrons. The summed E-state index contributed by atoms with van der Waals surface area (Å²) < 4.78 is 17.7. The van der Waals surface area contributed by atoms with E-state index < -0.39 is 5.60 Å². The zero-order valence-electron chi connectivity index (χ0n) is 13.5. The van der Waals surface area contributed by atoms with Gasteiger partial charge in [-0.3, -0.25) is 9.59 Å². The molecular formula is C17H22O5. The van der Waals surface area contributed by atoms with Gasteiger partial charge >= 0.3 is 5.97 Å². The number of epoxide rings is 1. The first-order valence-corrected chi connectivity index (χ1v) is 7.92. The van der Waals surface area contributed by atoms with Gasteiger partial charge in [0.15, 0.2) is 5.78 Å². The fourth-order valence-electron chi connectivity index (χ4n) is 5.02. The molecule has 0 aromatic carbocycles. The van der Waals surface area contributed by atoms with Crippen molar-refractivity contribution < 1.29 is 23.8 Å². The quantitative estimate of drug-likeness (QED) is 0.546. The molecule has 2 aliphatic heterocycles. The van der Waals surface area contributed by atoms with E-state index in [4.69, 9.17) is 14.2 Å². The predicted molar refractivity (Wildman–Crippen MR) is 77.1 cm³/mol. The fraction of sp³-hybridized carbons (Fsp3) is 0.765. The van der Waals surface area contributed by atoms with Crippen molar-refractivity contribution in [3.05, 3.63) is 11.6 Å². The second-order valence-corrected chi connectivity index (χ2v) is 7.71. The average molecular weight is 306 g/mol. The zero-order chi connectivity index (χ0) is 15.9. The van der Waals surface area contributed by atoms with Gasteiger partial charge < -0.3 is 14.2 Å². The summed E-state index contributed by atoms with van der Waals surface area (Å²) in [6.07, 6.45) is 2.43. The van der Waals surface area contributed by atoms with E-state index in [0.717, 1.165) is 5.57 Å². The SMILES string of the molecule is CC(=O)O[C@H]1C[C@]2(C)[C@]3(CO3)[C@H]1O[C@@H]1C=C(C)C(=O)C[C@]12C. The predicted octanol–water partition coefficient (Wildman–Crippen LogP) is 1.79. The second kappa shape index (κ2) is 4.01. The normalized spacial score (nSPS) is 52.3. The van der Waals surface area contributed by atoms with Crippen molar-refractivity contribution in [2.24, 2.45) is 10.8 Å². The Bertz CT molecular complexity index is 604. The maximum absolute atomic E-state index is 12.3. The molecule has 0 radical (unpaired) electrons. The average Bonchev–Trinajstić information content (AvgIpc) is 3.16. The van der Waals surface area contributed by atoms with Crippen LogP contribution in [0.2, 0.25) is 0 Å². The zero-order valence-corrected chi connectivity index (χ0v) is 13.5. The van der Waals surface area contributed by atoms with Gasteiger partial charge in [-0.05, 0) is 25.0 Å². The van der Waals surface area contributed by atoms with Crippen LogP contribution in [-0.4, -0.2) is 42.3 Å². The van der Waals surface area contributed by atoms with E-state index >= 15 is 0 Å². The van der Waals surface area contributed by atoms with E-state index in [9.17, 15) is 9.59 Å². The van der Waals surface area contributed by atoms with Gasteiger partial charge in [0.1, 0.15) is 17.8 Å². The van der Waals surface area contributed by atoms with Crippen molar-refractivity contribution in [3.8, 4) is 0 Å². The van der Waals surface area contributed by atoms with E-state index in [-0.39, 0.29) is 40.9 Å². The Morgan fingerprint density at radius 1 is 1.41 bits per heavy atom. The van der Waals surface area contributed by atoms with Gasteiger partial charge in [0, 0.05) is 24.2 Å². The Kier molecular flexibility index (Phi) is 2.62. The Morgan fingerprint density at radius 3 is 2.68 bits per heavy atom. The lowest BCUT2D eigenvalue weighted by Gasteiger charge is -2.55. The van der Waals surface area contributed by atoms with Gasteiger partial charge in [-0.25, -0.2) is 0 Å². The third-order valence-electron chi connectivity index (χ3n) is 6.66. The van der Waals surface area contributed by atoms with Crippen LogP contribution in [0.1, 0.15) is 40.5 Å². The Morgan fingerprint density at radius 2 is 2.09 bits per heavy atom. The lowest BCUT2D eigenvalue weighted by atomic mass is 9.52. The van der Waals surface area contributed by atoms with Crippen molar-refractivity contribution in [3.63, 3.8) is 0 Å². The number of hydrogen-bond acceptors (Lipinski definition) is 5. The summed E-state index contributed by atoms with van der Waals surface area (Å²) in [5.41, 5.74) is -0.203. The van der Waals surface area contributed by atoms with E-state index in [0.29, 0.717) is 19.4 Å². The van der Waals surface area contributed by atoms with Crippen LogP contribution in [0, 0.1) is 10.8 Å². The molecule has 5 heteroatoms. The molecule has 1 spiro atoms. The number of ether oxygens (including phenoxy) is 3. The molecule has 4 rings (SSSR count). The summed E-state index contributed by atoms with van der Waals surface area (Å²) in [6.45, 7) is 8.18. The molecule has 0 N–H and O–H groups in total. The second-order valence-electron chi connectivity index (χ2n) is 7.71. The van der Waals surface area contributed by atoms with E-state index in [1.165, 1.54) is 6.92 Å². The number of carbonyl (C=O) groups is 2. The van der Waals surface area contributed by atoms with Crippen LogP contribution in [0.4, 0.5) is 0 Å². The van der Waals surface area contributed by atoms with Crippen molar-refractivity contribution in [1.82, 2.24) is 0 Å². The summed E-state index contributed by atoms with van der Waals surface area (Å²) >= 11 is 0. The minimum absolute atomic E-state index is 0.129. The Labute approximate surface area is 130 Å². The highest BCUT2D eigenvalue weighted by atomic mass is 16.7. The molecule has 5 nitrogen and oxygen atoms in total. The molecule has 2 aliphatic carbocycles. The standard InChI is InChI=1S/C17H22O5/c1-9-5-13-15(3,6-11(9)19)16(4)7-12(21-10(2)18)14(22-13)17(16)8-20-17/h5,12-14H,6-8H2,1-4H3/t12-,13+,14-,15+,16-,17-/m0/s1. The van der Waals surface area contributed by atoms with Crippen molar-refractivity contribution >= 4 is 11.8 Å². The Hall–Kier alpha value is -1.20. The smallest absolute Gasteiger partial charge is 0.302 e. The number of carbonyl (C=O) groups excluding carboxylic acids is 2. The van der Waals surface area contributed by atoms with Gasteiger partial charge in [0.2, 0.25) is 0 Å². The lowest BCUT2D eigenvalue weighted by Crippen LogP contribution is -2.62. The maximum atomic E-state index is 12.3. The van der Waals surface area contributed by atoms with E-state index in [2.05, 4.69) is 13.8 Å². The third kappa shape index (κ3) is 1.46. The monoisotopic (exact) mass is 306 g/mol. The van der Waals surface area contributed by atoms with Crippen LogP contribution in [0.3, 0.4) is 0 Å². The first-order valence-electron chi connectivity index (χ1n) is 7.92. The largest absolute Gasteiger partial charge is 0.460 e. The van der Waals surface area contributed by atoms with Gasteiger partial charge in [0.25, 0.3) is 0 Å². The first kappa shape index (κ1) is 14.4. The van der Waals surface area contributed by atoms with Crippen LogP contribution in [0.25, 0.3) is 0 Å². The number of ketones is 1. The molecule has 0 amide bonds. The molecule has 2 bridgehead atoms. The highest BCUT2D eigenvalue weighted by Crippen LogP contribution is 2.71. The minimum Gasteiger partial charge on any atom is -0.460 e. The number of allylic oxidation sites excluding steroid dienone is 1. The number of esters is 1. The molecule has 22 heavy (non-hydrogen) atoms. The molecular weight excluding hydrogens is 284 g/mol. The van der Waals surface area contributed by atoms with Crippen LogP contribution in [-0.2, 0) is 23.8 Å². The molecule has 0 aromatic heterocycles. The van der Waals surface area contributed by atoms with Gasteiger partial charge in [0.05, 0.1) is 12.7 Å².